The quantitative estimate of drug-likeness (QED) is 0.792. The highest BCUT2D eigenvalue weighted by molar-refractivity contribution is 5.84. The highest BCUT2D eigenvalue weighted by Gasteiger charge is 2.10. The molecular formula is C11H8N2O4. The van der Waals surface area contributed by atoms with Gasteiger partial charge in [0.2, 0.25) is 0 Å². The summed E-state index contributed by atoms with van der Waals surface area (Å²) in [4.78, 5) is 22.3. The number of nitrogens with zero attached hydrogens (tertiary/aromatic N) is 2. The monoisotopic (exact) mass is 232 g/mol. The van der Waals surface area contributed by atoms with Crippen LogP contribution in [0.2, 0.25) is 0 Å². The Bertz CT molecular complexity index is 633. The molecule has 2 aromatic rings. The average Bonchev–Trinajstić information content (AvgIpc) is 2.30. The topological polar surface area (TPSA) is 92.4 Å². The third kappa shape index (κ3) is 2.00. The maximum Gasteiger partial charge on any atom is 0.356 e. The Labute approximate surface area is 95.4 Å². The average molecular weight is 232 g/mol. The Morgan fingerprint density at radius 2 is 1.88 bits per heavy atom. The number of phenols is 1. The van der Waals surface area contributed by atoms with Crippen LogP contribution >= 0.6 is 0 Å². The van der Waals surface area contributed by atoms with E-state index in [1.165, 1.54) is 12.1 Å². The van der Waals surface area contributed by atoms with Crippen molar-refractivity contribution in [2.75, 3.05) is 0 Å². The first-order valence-electron chi connectivity index (χ1n) is 4.71. The maximum absolute atomic E-state index is 11.5. The maximum atomic E-state index is 11.5. The van der Waals surface area contributed by atoms with Crippen molar-refractivity contribution in [2.45, 2.75) is 0 Å². The summed E-state index contributed by atoms with van der Waals surface area (Å²) >= 11 is 0. The highest BCUT2D eigenvalue weighted by Crippen LogP contribution is 2.17. The number of hydrogen-bond acceptors (Lipinski definition) is 4. The van der Waals surface area contributed by atoms with E-state index in [0.29, 0.717) is 0 Å². The van der Waals surface area contributed by atoms with Gasteiger partial charge in [0.25, 0.3) is 5.56 Å². The predicted octanol–water partition coefficient (Wildman–Crippen LogP) is 0.636. The summed E-state index contributed by atoms with van der Waals surface area (Å²) in [5.41, 5.74) is -0.648. The van der Waals surface area contributed by atoms with E-state index >= 15 is 0 Å². The van der Waals surface area contributed by atoms with Crippen molar-refractivity contribution in [2.24, 2.45) is 0 Å². The Kier molecular flexibility index (Phi) is 2.61. The van der Waals surface area contributed by atoms with Gasteiger partial charge in [-0.25, -0.2) is 4.79 Å². The Morgan fingerprint density at radius 3 is 2.53 bits per heavy atom. The minimum absolute atomic E-state index is 0.139. The first-order valence-corrected chi connectivity index (χ1v) is 4.71. The smallest absolute Gasteiger partial charge is 0.356 e. The van der Waals surface area contributed by atoms with E-state index in [0.717, 1.165) is 16.8 Å². The van der Waals surface area contributed by atoms with Crippen LogP contribution in [0, 0.1) is 0 Å². The predicted molar refractivity (Wildman–Crippen MR) is 58.5 cm³/mol. The fraction of sp³-hybridized carbons (Fsp3) is 0. The van der Waals surface area contributed by atoms with Crippen LogP contribution in [-0.4, -0.2) is 26.0 Å². The van der Waals surface area contributed by atoms with Crippen molar-refractivity contribution in [1.29, 1.82) is 0 Å². The number of benzene rings is 1. The number of aromatic carboxylic acids is 1. The molecule has 0 aliphatic rings. The van der Waals surface area contributed by atoms with Crippen LogP contribution in [0.1, 0.15) is 10.5 Å². The Balaban J connectivity index is 2.67. The van der Waals surface area contributed by atoms with Crippen LogP contribution in [0.3, 0.4) is 0 Å². The molecule has 0 atom stereocenters. The van der Waals surface area contributed by atoms with Crippen molar-refractivity contribution in [3.8, 4) is 11.4 Å². The van der Waals surface area contributed by atoms with Gasteiger partial charge >= 0.3 is 5.97 Å². The fourth-order valence-electron chi connectivity index (χ4n) is 1.34. The summed E-state index contributed by atoms with van der Waals surface area (Å²) < 4.78 is 0.846. The van der Waals surface area contributed by atoms with E-state index in [-0.39, 0.29) is 17.1 Å². The summed E-state index contributed by atoms with van der Waals surface area (Å²) in [5.74, 6) is -1.39. The van der Waals surface area contributed by atoms with Gasteiger partial charge in [0.05, 0.1) is 0 Å². The van der Waals surface area contributed by atoms with Gasteiger partial charge in [0.1, 0.15) is 11.4 Å². The van der Waals surface area contributed by atoms with Crippen LogP contribution < -0.4 is 5.56 Å². The molecule has 1 heterocycles. The third-order valence-corrected chi connectivity index (χ3v) is 2.13. The lowest BCUT2D eigenvalue weighted by Gasteiger charge is -2.06. The van der Waals surface area contributed by atoms with Crippen molar-refractivity contribution < 1.29 is 15.0 Å². The normalized spacial score (nSPS) is 10.1. The molecule has 6 heteroatoms. The molecule has 0 spiro atoms. The Hall–Kier alpha value is -2.63. The summed E-state index contributed by atoms with van der Waals surface area (Å²) in [6, 6.07) is 8.25. The number of carboxylic acids is 1. The number of carboxylic acid groups (broad SMARTS) is 1. The Morgan fingerprint density at radius 1 is 1.18 bits per heavy atom. The van der Waals surface area contributed by atoms with Crippen molar-refractivity contribution >= 4 is 5.97 Å². The fourth-order valence-corrected chi connectivity index (χ4v) is 1.34. The zero-order chi connectivity index (χ0) is 12.4. The molecule has 0 radical (unpaired) electrons. The zero-order valence-electron chi connectivity index (χ0n) is 8.57. The second kappa shape index (κ2) is 4.09. The number of aromatic nitrogens is 2. The van der Waals surface area contributed by atoms with Gasteiger partial charge in [0.15, 0.2) is 5.69 Å². The van der Waals surface area contributed by atoms with Crippen LogP contribution in [0.5, 0.6) is 5.75 Å². The summed E-state index contributed by atoms with van der Waals surface area (Å²) in [5, 5.41) is 22.0. The highest BCUT2D eigenvalue weighted by atomic mass is 16.4. The minimum atomic E-state index is -1.24. The van der Waals surface area contributed by atoms with Gasteiger partial charge in [-0.15, -0.1) is 0 Å². The van der Waals surface area contributed by atoms with Gasteiger partial charge in [-0.2, -0.15) is 9.78 Å². The summed E-state index contributed by atoms with van der Waals surface area (Å²) in [7, 11) is 0. The molecule has 1 aromatic carbocycles. The molecule has 0 bridgehead atoms. The van der Waals surface area contributed by atoms with Gasteiger partial charge in [-0.1, -0.05) is 12.1 Å². The zero-order valence-corrected chi connectivity index (χ0v) is 8.57. The molecule has 0 amide bonds. The molecule has 0 fully saturated rings. The van der Waals surface area contributed by atoms with E-state index in [9.17, 15) is 14.7 Å². The molecule has 0 unspecified atom stereocenters. The van der Waals surface area contributed by atoms with E-state index in [4.69, 9.17) is 5.11 Å². The number of phenolic OH excluding ortho intramolecular Hbond substituents is 1. The van der Waals surface area contributed by atoms with Gasteiger partial charge in [-0.3, -0.25) is 4.79 Å². The van der Waals surface area contributed by atoms with Crippen molar-refractivity contribution in [1.82, 2.24) is 9.78 Å². The number of para-hydroxylation sites is 2. The van der Waals surface area contributed by atoms with Crippen LogP contribution in [0.4, 0.5) is 0 Å². The largest absolute Gasteiger partial charge is 0.506 e. The molecule has 86 valence electrons. The number of aromatic hydroxyl groups is 1. The first kappa shape index (κ1) is 10.9. The minimum Gasteiger partial charge on any atom is -0.506 e. The van der Waals surface area contributed by atoms with Crippen LogP contribution in [-0.2, 0) is 0 Å². The molecule has 1 aromatic heterocycles. The van der Waals surface area contributed by atoms with E-state index < -0.39 is 11.5 Å². The molecule has 6 nitrogen and oxygen atoms in total. The van der Waals surface area contributed by atoms with Gasteiger partial charge in [-0.05, 0) is 18.2 Å². The SMILES string of the molecule is O=C(O)c1ccc(=O)n(-c2ccccc2O)n1. The van der Waals surface area contributed by atoms with Crippen LogP contribution in [0.25, 0.3) is 5.69 Å². The number of carbonyl (C=O) groups is 1. The summed E-state index contributed by atoms with van der Waals surface area (Å²) in [6.07, 6.45) is 0. The van der Waals surface area contributed by atoms with Gasteiger partial charge in [0, 0.05) is 6.07 Å². The molecule has 0 aliphatic heterocycles. The standard InChI is InChI=1S/C11H8N2O4/c14-9-4-2-1-3-8(9)13-10(15)6-5-7(12-13)11(16)17/h1-6,14H,(H,16,17). The van der Waals surface area contributed by atoms with Gasteiger partial charge < -0.3 is 10.2 Å². The molecule has 17 heavy (non-hydrogen) atoms. The second-order valence-corrected chi connectivity index (χ2v) is 3.26. The first-order chi connectivity index (χ1) is 8.09. The second-order valence-electron chi connectivity index (χ2n) is 3.26. The third-order valence-electron chi connectivity index (χ3n) is 2.13. The lowest BCUT2D eigenvalue weighted by molar-refractivity contribution is 0.0688. The van der Waals surface area contributed by atoms with Crippen LogP contribution in [0.15, 0.2) is 41.2 Å². The van der Waals surface area contributed by atoms with Crippen molar-refractivity contribution in [3.63, 3.8) is 0 Å². The van der Waals surface area contributed by atoms with E-state index in [1.807, 2.05) is 0 Å². The molecule has 0 saturated carbocycles. The number of hydrogen-bond donors (Lipinski definition) is 2. The van der Waals surface area contributed by atoms with Crippen molar-refractivity contribution in [3.05, 3.63) is 52.4 Å². The lowest BCUT2D eigenvalue weighted by atomic mass is 10.3. The molecule has 2 rings (SSSR count). The summed E-state index contributed by atoms with van der Waals surface area (Å²) in [6.45, 7) is 0. The molecule has 2 N–H and O–H groups in total. The van der Waals surface area contributed by atoms with E-state index in [2.05, 4.69) is 5.10 Å². The van der Waals surface area contributed by atoms with E-state index in [1.54, 1.807) is 12.1 Å². The molecular weight excluding hydrogens is 224 g/mol. The number of rotatable bonds is 2. The molecule has 0 saturated heterocycles. The lowest BCUT2D eigenvalue weighted by Crippen LogP contribution is -2.22. The molecule has 0 aliphatic carbocycles.